The molecule has 2 amide bonds. The summed E-state index contributed by atoms with van der Waals surface area (Å²) in [5, 5.41) is 8.97. The van der Waals surface area contributed by atoms with Gasteiger partial charge in [0.05, 0.1) is 24.1 Å². The summed E-state index contributed by atoms with van der Waals surface area (Å²) in [6, 6.07) is 6.87. The molecule has 2 unspecified atom stereocenters. The van der Waals surface area contributed by atoms with E-state index in [4.69, 9.17) is 5.11 Å². The minimum absolute atomic E-state index is 0.0412. The molecule has 94 valence electrons. The number of amides is 2. The Morgan fingerprint density at radius 3 is 2.06 bits per heavy atom. The normalized spacial score (nSPS) is 28.5. The van der Waals surface area contributed by atoms with Gasteiger partial charge in [-0.15, -0.1) is 0 Å². The fraction of sp³-hybridized carbons (Fsp3) is 0.429. The Labute approximate surface area is 105 Å². The van der Waals surface area contributed by atoms with E-state index >= 15 is 0 Å². The highest BCUT2D eigenvalue weighted by Gasteiger charge is 2.72. The molecule has 4 nitrogen and oxygen atoms in total. The molecule has 0 bridgehead atoms. The standard InChI is InChI=1S/C14H15NO3/c1-14(2)10-11(14)13(18)15(12(10)17)9-5-3-8(7-16)4-6-9/h3-6,10-11,16H,7H2,1-2H3. The van der Waals surface area contributed by atoms with Gasteiger partial charge in [-0.05, 0) is 23.1 Å². The topological polar surface area (TPSA) is 57.6 Å². The number of imide groups is 1. The van der Waals surface area contributed by atoms with Crippen LogP contribution in [-0.2, 0) is 16.2 Å². The molecule has 3 rings (SSSR count). The lowest BCUT2D eigenvalue weighted by Crippen LogP contribution is -2.36. The lowest BCUT2D eigenvalue weighted by atomic mass is 10.0. The average molecular weight is 245 g/mol. The number of hydrogen-bond acceptors (Lipinski definition) is 3. The van der Waals surface area contributed by atoms with E-state index in [0.717, 1.165) is 5.56 Å². The number of aliphatic hydroxyl groups excluding tert-OH is 1. The molecule has 1 aromatic carbocycles. The molecule has 0 spiro atoms. The number of aliphatic hydroxyl groups is 1. The third kappa shape index (κ3) is 1.29. The molecule has 18 heavy (non-hydrogen) atoms. The molecule has 1 aliphatic heterocycles. The summed E-state index contributed by atoms with van der Waals surface area (Å²) in [6.45, 7) is 3.88. The fourth-order valence-electron chi connectivity index (χ4n) is 2.95. The molecular weight excluding hydrogens is 230 g/mol. The minimum atomic E-state index is -0.171. The van der Waals surface area contributed by atoms with Crippen LogP contribution in [-0.4, -0.2) is 16.9 Å². The third-order valence-electron chi connectivity index (χ3n) is 4.18. The van der Waals surface area contributed by atoms with Crippen LogP contribution < -0.4 is 4.90 Å². The smallest absolute Gasteiger partial charge is 0.238 e. The van der Waals surface area contributed by atoms with Gasteiger partial charge in [-0.25, -0.2) is 0 Å². The van der Waals surface area contributed by atoms with E-state index < -0.39 is 0 Å². The van der Waals surface area contributed by atoms with Crippen LogP contribution in [0.3, 0.4) is 0 Å². The molecule has 0 radical (unpaired) electrons. The van der Waals surface area contributed by atoms with Gasteiger partial charge in [0.2, 0.25) is 11.8 Å². The highest BCUT2D eigenvalue weighted by molar-refractivity contribution is 6.25. The lowest BCUT2D eigenvalue weighted by molar-refractivity contribution is -0.125. The Hall–Kier alpha value is -1.68. The van der Waals surface area contributed by atoms with Gasteiger partial charge < -0.3 is 5.11 Å². The minimum Gasteiger partial charge on any atom is -0.392 e. The van der Waals surface area contributed by atoms with E-state index in [1.807, 2.05) is 13.8 Å². The zero-order valence-corrected chi connectivity index (χ0v) is 10.4. The number of hydrogen-bond donors (Lipinski definition) is 1. The first-order valence-electron chi connectivity index (χ1n) is 6.06. The summed E-state index contributed by atoms with van der Waals surface area (Å²) >= 11 is 0. The van der Waals surface area contributed by atoms with Crippen molar-refractivity contribution >= 4 is 17.5 Å². The van der Waals surface area contributed by atoms with E-state index in [-0.39, 0.29) is 35.7 Å². The van der Waals surface area contributed by atoms with Crippen molar-refractivity contribution in [3.8, 4) is 0 Å². The van der Waals surface area contributed by atoms with Crippen molar-refractivity contribution < 1.29 is 14.7 Å². The number of nitrogens with zero attached hydrogens (tertiary/aromatic N) is 1. The molecule has 2 atom stereocenters. The van der Waals surface area contributed by atoms with Gasteiger partial charge in [0.25, 0.3) is 0 Å². The second kappa shape index (κ2) is 3.42. The summed E-state index contributed by atoms with van der Waals surface area (Å²) in [6.07, 6.45) is 0. The zero-order chi connectivity index (χ0) is 13.1. The number of carbonyl (C=O) groups is 2. The van der Waals surface area contributed by atoms with Gasteiger partial charge in [-0.3, -0.25) is 14.5 Å². The Bertz CT molecular complexity index is 508. The lowest BCUT2D eigenvalue weighted by Gasteiger charge is -2.20. The summed E-state index contributed by atoms with van der Waals surface area (Å²) in [5.41, 5.74) is 1.20. The van der Waals surface area contributed by atoms with Crippen molar-refractivity contribution in [2.45, 2.75) is 20.5 Å². The van der Waals surface area contributed by atoms with Gasteiger partial charge >= 0.3 is 0 Å². The molecule has 1 saturated heterocycles. The largest absolute Gasteiger partial charge is 0.392 e. The van der Waals surface area contributed by atoms with Crippen molar-refractivity contribution in [3.63, 3.8) is 0 Å². The van der Waals surface area contributed by atoms with Gasteiger partial charge in [0.1, 0.15) is 0 Å². The Morgan fingerprint density at radius 1 is 1.11 bits per heavy atom. The molecule has 2 fully saturated rings. The molecule has 1 aromatic rings. The Morgan fingerprint density at radius 2 is 1.61 bits per heavy atom. The maximum absolute atomic E-state index is 12.2. The molecule has 2 aliphatic rings. The fourth-order valence-corrected chi connectivity index (χ4v) is 2.95. The molecule has 4 heteroatoms. The van der Waals surface area contributed by atoms with E-state index in [9.17, 15) is 9.59 Å². The van der Waals surface area contributed by atoms with Gasteiger partial charge in [0.15, 0.2) is 0 Å². The van der Waals surface area contributed by atoms with Crippen LogP contribution in [0.15, 0.2) is 24.3 Å². The van der Waals surface area contributed by atoms with Crippen LogP contribution in [0, 0.1) is 17.3 Å². The first-order valence-corrected chi connectivity index (χ1v) is 6.06. The number of benzene rings is 1. The molecule has 0 aromatic heterocycles. The molecule has 1 heterocycles. The monoisotopic (exact) mass is 245 g/mol. The van der Waals surface area contributed by atoms with E-state index in [1.165, 1.54) is 4.90 Å². The molecular formula is C14H15NO3. The second-order valence-electron chi connectivity index (χ2n) is 5.61. The van der Waals surface area contributed by atoms with Crippen molar-refractivity contribution in [1.82, 2.24) is 0 Å². The van der Waals surface area contributed by atoms with Crippen LogP contribution >= 0.6 is 0 Å². The van der Waals surface area contributed by atoms with Crippen molar-refractivity contribution in [1.29, 1.82) is 0 Å². The van der Waals surface area contributed by atoms with Crippen LogP contribution in [0.4, 0.5) is 5.69 Å². The van der Waals surface area contributed by atoms with Crippen LogP contribution in [0.25, 0.3) is 0 Å². The quantitative estimate of drug-likeness (QED) is 0.799. The predicted molar refractivity (Wildman–Crippen MR) is 65.6 cm³/mol. The maximum Gasteiger partial charge on any atom is 0.238 e. The summed E-state index contributed by atoms with van der Waals surface area (Å²) in [4.78, 5) is 25.6. The first kappa shape index (κ1) is 11.4. The van der Waals surface area contributed by atoms with Gasteiger partial charge in [-0.1, -0.05) is 26.0 Å². The van der Waals surface area contributed by atoms with Gasteiger partial charge in [0, 0.05) is 0 Å². The van der Waals surface area contributed by atoms with Crippen LogP contribution in [0.2, 0.25) is 0 Å². The van der Waals surface area contributed by atoms with Crippen molar-refractivity contribution in [2.75, 3.05) is 4.90 Å². The van der Waals surface area contributed by atoms with E-state index in [2.05, 4.69) is 0 Å². The van der Waals surface area contributed by atoms with E-state index in [1.54, 1.807) is 24.3 Å². The number of anilines is 1. The van der Waals surface area contributed by atoms with Crippen LogP contribution in [0.5, 0.6) is 0 Å². The average Bonchev–Trinajstić information content (AvgIpc) is 2.80. The highest BCUT2D eigenvalue weighted by atomic mass is 16.3. The predicted octanol–water partition coefficient (Wildman–Crippen LogP) is 1.32. The third-order valence-corrected chi connectivity index (χ3v) is 4.18. The Balaban J connectivity index is 1.91. The number of piperidine rings is 1. The number of fused-ring (bicyclic) bond motifs is 1. The van der Waals surface area contributed by atoms with Crippen molar-refractivity contribution in [2.24, 2.45) is 17.3 Å². The van der Waals surface area contributed by atoms with Gasteiger partial charge in [-0.2, -0.15) is 0 Å². The summed E-state index contributed by atoms with van der Waals surface area (Å²) in [7, 11) is 0. The summed E-state index contributed by atoms with van der Waals surface area (Å²) < 4.78 is 0. The molecule has 1 aliphatic carbocycles. The number of rotatable bonds is 2. The zero-order valence-electron chi connectivity index (χ0n) is 10.4. The van der Waals surface area contributed by atoms with Crippen molar-refractivity contribution in [3.05, 3.63) is 29.8 Å². The second-order valence-corrected chi connectivity index (χ2v) is 5.61. The SMILES string of the molecule is CC1(C)C2C(=O)N(c3ccc(CO)cc3)C(=O)C21. The Kier molecular flexibility index (Phi) is 2.17. The summed E-state index contributed by atoms with van der Waals surface area (Å²) in [5.74, 6) is -0.483. The maximum atomic E-state index is 12.2. The highest BCUT2D eigenvalue weighted by Crippen LogP contribution is 2.63. The number of carbonyl (C=O) groups excluding carboxylic acids is 2. The van der Waals surface area contributed by atoms with E-state index in [0.29, 0.717) is 5.69 Å². The molecule has 1 saturated carbocycles. The van der Waals surface area contributed by atoms with Crippen LogP contribution in [0.1, 0.15) is 19.4 Å². The molecule has 1 N–H and O–H groups in total. The first-order chi connectivity index (χ1) is 8.48.